The lowest BCUT2D eigenvalue weighted by molar-refractivity contribution is -0.139. The van der Waals surface area contributed by atoms with E-state index < -0.39 is 17.2 Å². The van der Waals surface area contributed by atoms with Crippen LogP contribution in [-0.4, -0.2) is 29.8 Å². The van der Waals surface area contributed by atoms with Crippen LogP contribution >= 0.6 is 11.6 Å². The molecule has 1 amide bonds. The van der Waals surface area contributed by atoms with E-state index in [9.17, 15) is 23.2 Å². The molecule has 0 N–H and O–H groups in total. The maximum atomic E-state index is 13.2. The molecule has 1 aliphatic heterocycles. The zero-order valence-electron chi connectivity index (χ0n) is 11.7. The van der Waals surface area contributed by atoms with Gasteiger partial charge >= 0.3 is 6.18 Å². The monoisotopic (exact) mass is 330 g/mol. The largest absolute Gasteiger partial charge is 0.416 e. The van der Waals surface area contributed by atoms with Crippen LogP contribution in [0.2, 0.25) is 0 Å². The number of nitriles is 1. The summed E-state index contributed by atoms with van der Waals surface area (Å²) >= 11 is 5.49. The fraction of sp³-hybridized carbons (Fsp3) is 0.467. The third-order valence-electron chi connectivity index (χ3n) is 4.05. The van der Waals surface area contributed by atoms with Gasteiger partial charge in [-0.2, -0.15) is 18.4 Å². The fourth-order valence-electron chi connectivity index (χ4n) is 2.81. The number of nitrogens with zero attached hydrogens (tertiary/aromatic N) is 2. The SMILES string of the molecule is N#CC1(c2ccccc2C(F)(F)F)CCN(C(=O)CCl)CC1. The number of rotatable bonds is 2. The summed E-state index contributed by atoms with van der Waals surface area (Å²) in [7, 11) is 0. The highest BCUT2D eigenvalue weighted by molar-refractivity contribution is 6.27. The van der Waals surface area contributed by atoms with Crippen molar-refractivity contribution in [1.29, 1.82) is 5.26 Å². The number of carbonyl (C=O) groups excluding carboxylic acids is 1. The molecule has 0 bridgehead atoms. The van der Waals surface area contributed by atoms with Crippen LogP contribution in [0.3, 0.4) is 0 Å². The highest BCUT2D eigenvalue weighted by atomic mass is 35.5. The molecule has 0 unspecified atom stereocenters. The number of piperidine rings is 1. The first kappa shape index (κ1) is 16.6. The van der Waals surface area contributed by atoms with E-state index in [1.807, 2.05) is 0 Å². The lowest BCUT2D eigenvalue weighted by atomic mass is 9.72. The van der Waals surface area contributed by atoms with E-state index in [1.165, 1.54) is 23.1 Å². The summed E-state index contributed by atoms with van der Waals surface area (Å²) in [6.45, 7) is 0.455. The highest BCUT2D eigenvalue weighted by Crippen LogP contribution is 2.42. The van der Waals surface area contributed by atoms with E-state index in [4.69, 9.17) is 11.6 Å². The van der Waals surface area contributed by atoms with Gasteiger partial charge in [0.15, 0.2) is 0 Å². The third-order valence-corrected chi connectivity index (χ3v) is 4.27. The van der Waals surface area contributed by atoms with Gasteiger partial charge in [0.2, 0.25) is 5.91 Å². The van der Waals surface area contributed by atoms with Gasteiger partial charge in [-0.25, -0.2) is 0 Å². The number of hydrogen-bond donors (Lipinski definition) is 0. The van der Waals surface area contributed by atoms with E-state index in [2.05, 4.69) is 6.07 Å². The van der Waals surface area contributed by atoms with Gasteiger partial charge in [0.25, 0.3) is 0 Å². The number of carbonyl (C=O) groups is 1. The van der Waals surface area contributed by atoms with E-state index in [-0.39, 0.29) is 43.3 Å². The zero-order valence-corrected chi connectivity index (χ0v) is 12.4. The van der Waals surface area contributed by atoms with Gasteiger partial charge in [-0.15, -0.1) is 11.6 Å². The zero-order chi connectivity index (χ0) is 16.4. The van der Waals surface area contributed by atoms with Crippen molar-refractivity contribution in [2.45, 2.75) is 24.4 Å². The molecule has 22 heavy (non-hydrogen) atoms. The minimum Gasteiger partial charge on any atom is -0.342 e. The first-order valence-electron chi connectivity index (χ1n) is 6.76. The topological polar surface area (TPSA) is 44.1 Å². The van der Waals surface area contributed by atoms with E-state index in [0.717, 1.165) is 6.07 Å². The predicted octanol–water partition coefficient (Wildman–Crippen LogP) is 3.33. The molecule has 0 aromatic heterocycles. The van der Waals surface area contributed by atoms with Gasteiger partial charge in [0, 0.05) is 13.1 Å². The molecule has 1 aromatic carbocycles. The van der Waals surface area contributed by atoms with E-state index >= 15 is 0 Å². The van der Waals surface area contributed by atoms with E-state index in [1.54, 1.807) is 0 Å². The van der Waals surface area contributed by atoms with Crippen LogP contribution in [0.4, 0.5) is 13.2 Å². The van der Waals surface area contributed by atoms with Crippen molar-refractivity contribution in [3.8, 4) is 6.07 Å². The summed E-state index contributed by atoms with van der Waals surface area (Å²) in [4.78, 5) is 13.0. The van der Waals surface area contributed by atoms with Crippen molar-refractivity contribution in [2.24, 2.45) is 0 Å². The molecule has 0 saturated carbocycles. The van der Waals surface area contributed by atoms with Crippen LogP contribution in [0.5, 0.6) is 0 Å². The van der Waals surface area contributed by atoms with Crippen molar-refractivity contribution in [2.75, 3.05) is 19.0 Å². The second kappa shape index (κ2) is 6.17. The molecule has 118 valence electrons. The smallest absolute Gasteiger partial charge is 0.342 e. The third kappa shape index (κ3) is 3.05. The molecule has 1 heterocycles. The Morgan fingerprint density at radius 3 is 2.41 bits per heavy atom. The molecule has 7 heteroatoms. The summed E-state index contributed by atoms with van der Waals surface area (Å²) in [5.74, 6) is -0.434. The summed E-state index contributed by atoms with van der Waals surface area (Å²) < 4.78 is 39.5. The van der Waals surface area contributed by atoms with Crippen LogP contribution in [0.1, 0.15) is 24.0 Å². The molecule has 0 spiro atoms. The van der Waals surface area contributed by atoms with Crippen LogP contribution < -0.4 is 0 Å². The molecule has 3 nitrogen and oxygen atoms in total. The maximum Gasteiger partial charge on any atom is 0.416 e. The number of alkyl halides is 4. The number of likely N-dealkylation sites (tertiary alicyclic amines) is 1. The molecule has 0 atom stereocenters. The molecular weight excluding hydrogens is 317 g/mol. The number of halogens is 4. The number of amides is 1. The van der Waals surface area contributed by atoms with Crippen molar-refractivity contribution in [1.82, 2.24) is 4.90 Å². The normalized spacial score (nSPS) is 17.9. The number of hydrogen-bond acceptors (Lipinski definition) is 2. The van der Waals surface area contributed by atoms with Crippen LogP contribution in [0.25, 0.3) is 0 Å². The van der Waals surface area contributed by atoms with Gasteiger partial charge in [0.05, 0.1) is 17.0 Å². The lowest BCUT2D eigenvalue weighted by Crippen LogP contribution is -2.45. The molecule has 2 rings (SSSR count). The molecule has 1 aromatic rings. The summed E-state index contributed by atoms with van der Waals surface area (Å²) in [6.07, 6.45) is -4.18. The first-order valence-corrected chi connectivity index (χ1v) is 7.29. The Bertz CT molecular complexity index is 602. The minimum atomic E-state index is -4.51. The Kier molecular flexibility index (Phi) is 4.66. The highest BCUT2D eigenvalue weighted by Gasteiger charge is 2.44. The van der Waals surface area contributed by atoms with Crippen molar-refractivity contribution in [3.05, 3.63) is 35.4 Å². The molecule has 0 aliphatic carbocycles. The molecule has 0 radical (unpaired) electrons. The second-order valence-electron chi connectivity index (χ2n) is 5.25. The molecular formula is C15H14ClF3N2O. The van der Waals surface area contributed by atoms with Crippen molar-refractivity contribution in [3.63, 3.8) is 0 Å². The summed E-state index contributed by atoms with van der Waals surface area (Å²) in [5, 5.41) is 9.52. The van der Waals surface area contributed by atoms with Gasteiger partial charge in [-0.05, 0) is 24.5 Å². The standard InChI is InChI=1S/C15H14ClF3N2O/c16-9-13(22)21-7-5-14(10-20,6-8-21)11-3-1-2-4-12(11)15(17,18)19/h1-4H,5-9H2. The second-order valence-corrected chi connectivity index (χ2v) is 5.52. The first-order chi connectivity index (χ1) is 10.3. The Labute approximate surface area is 131 Å². The fourth-order valence-corrected chi connectivity index (χ4v) is 2.98. The predicted molar refractivity (Wildman–Crippen MR) is 75.3 cm³/mol. The number of benzene rings is 1. The molecule has 1 saturated heterocycles. The maximum absolute atomic E-state index is 13.2. The minimum absolute atomic E-state index is 0.0111. The van der Waals surface area contributed by atoms with Crippen LogP contribution in [-0.2, 0) is 16.4 Å². The Hall–Kier alpha value is -1.74. The average molecular weight is 331 g/mol. The van der Waals surface area contributed by atoms with Crippen molar-refractivity contribution < 1.29 is 18.0 Å². The summed E-state index contributed by atoms with van der Waals surface area (Å²) in [5.41, 5.74) is -2.02. The van der Waals surface area contributed by atoms with Crippen LogP contribution in [0.15, 0.2) is 24.3 Å². The van der Waals surface area contributed by atoms with Crippen molar-refractivity contribution >= 4 is 17.5 Å². The quantitative estimate of drug-likeness (QED) is 0.781. The van der Waals surface area contributed by atoms with Gasteiger partial charge < -0.3 is 4.90 Å². The van der Waals surface area contributed by atoms with Gasteiger partial charge in [-0.1, -0.05) is 18.2 Å². The Morgan fingerprint density at radius 1 is 1.32 bits per heavy atom. The van der Waals surface area contributed by atoms with Crippen LogP contribution in [0, 0.1) is 11.3 Å². The molecule has 1 aliphatic rings. The Balaban J connectivity index is 2.35. The molecule has 1 fully saturated rings. The Morgan fingerprint density at radius 2 is 1.91 bits per heavy atom. The summed E-state index contributed by atoms with van der Waals surface area (Å²) in [6, 6.07) is 7.20. The van der Waals surface area contributed by atoms with Gasteiger partial charge in [0.1, 0.15) is 5.88 Å². The lowest BCUT2D eigenvalue weighted by Gasteiger charge is -2.38. The average Bonchev–Trinajstić information content (AvgIpc) is 2.53. The van der Waals surface area contributed by atoms with Gasteiger partial charge in [-0.3, -0.25) is 4.79 Å². The van der Waals surface area contributed by atoms with E-state index in [0.29, 0.717) is 0 Å².